The zero-order valence-electron chi connectivity index (χ0n) is 5.76. The van der Waals surface area contributed by atoms with Crippen LogP contribution in [-0.4, -0.2) is 16.7 Å². The van der Waals surface area contributed by atoms with E-state index in [2.05, 4.69) is 0 Å². The first-order valence-electron chi connectivity index (χ1n) is 2.85. The van der Waals surface area contributed by atoms with Crippen molar-refractivity contribution in [1.29, 1.82) is 0 Å². The summed E-state index contributed by atoms with van der Waals surface area (Å²) in [6.07, 6.45) is 0. The molecule has 0 aromatic rings. The summed E-state index contributed by atoms with van der Waals surface area (Å²) in [5, 5.41) is 3.24. The van der Waals surface area contributed by atoms with E-state index in [-0.39, 0.29) is 0 Å². The van der Waals surface area contributed by atoms with Gasteiger partial charge in [-0.05, 0) is 13.8 Å². The van der Waals surface area contributed by atoms with Crippen LogP contribution in [0, 0.1) is 0 Å². The first kappa shape index (κ1) is 6.38. The van der Waals surface area contributed by atoms with Gasteiger partial charge in [-0.25, -0.2) is 11.7 Å². The molecule has 0 saturated carbocycles. The lowest BCUT2D eigenvalue weighted by molar-refractivity contribution is 0.257. The number of nitrogens with two attached hydrogens (primary N) is 2. The van der Waals surface area contributed by atoms with E-state index in [1.165, 1.54) is 0 Å². The molecule has 0 spiro atoms. The van der Waals surface area contributed by atoms with E-state index in [4.69, 9.17) is 11.7 Å². The molecule has 0 amide bonds. The third-order valence-corrected chi connectivity index (χ3v) is 1.69. The molecule has 0 saturated heterocycles. The maximum absolute atomic E-state index is 5.51. The molecular formula is C5H12N4. The van der Waals surface area contributed by atoms with Gasteiger partial charge in [0.2, 0.25) is 0 Å². The molecule has 1 aliphatic rings. The van der Waals surface area contributed by atoms with Gasteiger partial charge in [0.25, 0.3) is 0 Å². The van der Waals surface area contributed by atoms with E-state index in [0.29, 0.717) is 6.67 Å². The topological polar surface area (TPSA) is 58.5 Å². The largest absolute Gasteiger partial charge is 0.293 e. The van der Waals surface area contributed by atoms with Gasteiger partial charge in [0, 0.05) is 11.4 Å². The standard InChI is InChI=1S/C5H12N4/c1-4-5(2)9(7)3-8(4)6/h3,6-7H2,1-2H3. The first-order valence-corrected chi connectivity index (χ1v) is 2.85. The molecule has 52 valence electrons. The molecule has 4 heteroatoms. The lowest BCUT2D eigenvalue weighted by atomic mass is 10.4. The Morgan fingerprint density at radius 2 is 1.44 bits per heavy atom. The Bertz CT molecular complexity index is 135. The molecular weight excluding hydrogens is 116 g/mol. The van der Waals surface area contributed by atoms with Crippen molar-refractivity contribution in [2.24, 2.45) is 11.7 Å². The molecule has 4 N–H and O–H groups in total. The number of nitrogens with zero attached hydrogens (tertiary/aromatic N) is 2. The fourth-order valence-corrected chi connectivity index (χ4v) is 0.792. The predicted octanol–water partition coefficient (Wildman–Crippen LogP) is -0.440. The fraction of sp³-hybridized carbons (Fsp3) is 0.600. The molecule has 0 atom stereocenters. The molecule has 0 aliphatic carbocycles. The Kier molecular flexibility index (Phi) is 1.34. The summed E-state index contributed by atoms with van der Waals surface area (Å²) in [6, 6.07) is 0. The molecule has 0 aromatic heterocycles. The van der Waals surface area contributed by atoms with E-state index in [9.17, 15) is 0 Å². The zero-order chi connectivity index (χ0) is 7.02. The maximum Gasteiger partial charge on any atom is 0.119 e. The molecule has 1 heterocycles. The Morgan fingerprint density at radius 1 is 1.11 bits per heavy atom. The number of hydrogen-bond donors (Lipinski definition) is 2. The third-order valence-electron chi connectivity index (χ3n) is 1.69. The Labute approximate surface area is 54.6 Å². The van der Waals surface area contributed by atoms with Crippen LogP contribution in [0.3, 0.4) is 0 Å². The summed E-state index contributed by atoms with van der Waals surface area (Å²) < 4.78 is 0. The van der Waals surface area contributed by atoms with Gasteiger partial charge in [0.05, 0.1) is 0 Å². The fourth-order valence-electron chi connectivity index (χ4n) is 0.792. The predicted molar refractivity (Wildman–Crippen MR) is 35.3 cm³/mol. The van der Waals surface area contributed by atoms with Crippen LogP contribution in [0.5, 0.6) is 0 Å². The van der Waals surface area contributed by atoms with Gasteiger partial charge in [-0.2, -0.15) is 0 Å². The van der Waals surface area contributed by atoms with Crippen LogP contribution in [0.1, 0.15) is 13.8 Å². The summed E-state index contributed by atoms with van der Waals surface area (Å²) in [6.45, 7) is 4.49. The molecule has 0 aromatic carbocycles. The average Bonchev–Trinajstić information content (AvgIpc) is 1.98. The molecule has 1 rings (SSSR count). The average molecular weight is 128 g/mol. The van der Waals surface area contributed by atoms with Crippen LogP contribution in [0.25, 0.3) is 0 Å². The number of hydrogen-bond acceptors (Lipinski definition) is 4. The summed E-state index contributed by atoms with van der Waals surface area (Å²) >= 11 is 0. The number of rotatable bonds is 0. The second-order valence-electron chi connectivity index (χ2n) is 2.25. The highest BCUT2D eigenvalue weighted by Gasteiger charge is 2.16. The summed E-state index contributed by atoms with van der Waals surface area (Å²) in [7, 11) is 0. The van der Waals surface area contributed by atoms with Gasteiger partial charge in [-0.15, -0.1) is 0 Å². The lowest BCUT2D eigenvalue weighted by Gasteiger charge is -2.13. The van der Waals surface area contributed by atoms with Crippen molar-refractivity contribution < 1.29 is 0 Å². The Hall–Kier alpha value is -0.740. The van der Waals surface area contributed by atoms with E-state index >= 15 is 0 Å². The summed E-state index contributed by atoms with van der Waals surface area (Å²) in [5.41, 5.74) is 2.08. The highest BCUT2D eigenvalue weighted by molar-refractivity contribution is 5.10. The van der Waals surface area contributed by atoms with Crippen LogP contribution in [0.4, 0.5) is 0 Å². The second kappa shape index (κ2) is 1.89. The van der Waals surface area contributed by atoms with Crippen molar-refractivity contribution in [2.75, 3.05) is 6.67 Å². The minimum Gasteiger partial charge on any atom is -0.293 e. The van der Waals surface area contributed by atoms with E-state index < -0.39 is 0 Å². The zero-order valence-corrected chi connectivity index (χ0v) is 5.76. The Morgan fingerprint density at radius 3 is 1.56 bits per heavy atom. The molecule has 1 aliphatic heterocycles. The highest BCUT2D eigenvalue weighted by Crippen LogP contribution is 2.14. The third kappa shape index (κ3) is 0.863. The minimum absolute atomic E-state index is 0.595. The van der Waals surface area contributed by atoms with E-state index in [1.807, 2.05) is 13.8 Å². The van der Waals surface area contributed by atoms with Crippen LogP contribution in [0.2, 0.25) is 0 Å². The van der Waals surface area contributed by atoms with Crippen molar-refractivity contribution >= 4 is 0 Å². The molecule has 0 bridgehead atoms. The normalized spacial score (nSPS) is 20.0. The molecule has 0 fully saturated rings. The quantitative estimate of drug-likeness (QED) is 0.434. The van der Waals surface area contributed by atoms with Crippen molar-refractivity contribution in [3.8, 4) is 0 Å². The van der Waals surface area contributed by atoms with Gasteiger partial charge in [0.15, 0.2) is 0 Å². The van der Waals surface area contributed by atoms with Crippen LogP contribution in [0.15, 0.2) is 11.4 Å². The van der Waals surface area contributed by atoms with Crippen LogP contribution < -0.4 is 11.7 Å². The van der Waals surface area contributed by atoms with Gasteiger partial charge in [0.1, 0.15) is 6.67 Å². The number of hydrazine groups is 2. The smallest absolute Gasteiger partial charge is 0.119 e. The molecule has 4 nitrogen and oxygen atoms in total. The molecule has 0 radical (unpaired) electrons. The van der Waals surface area contributed by atoms with Crippen molar-refractivity contribution in [1.82, 2.24) is 10.0 Å². The van der Waals surface area contributed by atoms with Crippen LogP contribution >= 0.6 is 0 Å². The maximum atomic E-state index is 5.51. The lowest BCUT2D eigenvalue weighted by Crippen LogP contribution is -2.35. The van der Waals surface area contributed by atoms with E-state index in [0.717, 1.165) is 11.4 Å². The van der Waals surface area contributed by atoms with Crippen LogP contribution in [-0.2, 0) is 0 Å². The first-order chi connectivity index (χ1) is 4.13. The van der Waals surface area contributed by atoms with Crippen molar-refractivity contribution in [2.45, 2.75) is 13.8 Å². The van der Waals surface area contributed by atoms with Gasteiger partial charge in [-0.1, -0.05) is 0 Å². The monoisotopic (exact) mass is 128 g/mol. The van der Waals surface area contributed by atoms with Crippen molar-refractivity contribution in [3.05, 3.63) is 11.4 Å². The van der Waals surface area contributed by atoms with Crippen molar-refractivity contribution in [3.63, 3.8) is 0 Å². The number of allylic oxidation sites excluding steroid dienone is 2. The second-order valence-corrected chi connectivity index (χ2v) is 2.25. The summed E-state index contributed by atoms with van der Waals surface area (Å²) in [5.74, 6) is 11.0. The SMILES string of the molecule is CC1=C(C)N(N)CN1N. The Balaban J connectivity index is 2.79. The van der Waals surface area contributed by atoms with Gasteiger partial charge >= 0.3 is 0 Å². The van der Waals surface area contributed by atoms with E-state index in [1.54, 1.807) is 10.0 Å². The van der Waals surface area contributed by atoms with Gasteiger partial charge in [-0.3, -0.25) is 10.0 Å². The molecule has 0 unspecified atom stereocenters. The highest BCUT2D eigenvalue weighted by atomic mass is 15.6. The minimum atomic E-state index is 0.595. The molecule has 9 heavy (non-hydrogen) atoms. The van der Waals surface area contributed by atoms with Gasteiger partial charge < -0.3 is 0 Å². The summed E-state index contributed by atoms with van der Waals surface area (Å²) in [4.78, 5) is 0.